The molecule has 0 saturated carbocycles. The molecule has 2 aromatic heterocycles. The number of rotatable bonds is 5. The summed E-state index contributed by atoms with van der Waals surface area (Å²) in [6, 6.07) is 69.7. The molecule has 9 aromatic carbocycles. The Kier molecular flexibility index (Phi) is 7.39. The van der Waals surface area contributed by atoms with E-state index in [4.69, 9.17) is 9.97 Å². The highest BCUT2D eigenvalue weighted by Crippen LogP contribution is 2.44. The molecule has 11 aromatic rings. The maximum atomic E-state index is 5.55. The molecule has 2 heterocycles. The van der Waals surface area contributed by atoms with Gasteiger partial charge >= 0.3 is 0 Å². The van der Waals surface area contributed by atoms with Crippen molar-refractivity contribution in [2.24, 2.45) is 0 Å². The van der Waals surface area contributed by atoms with Gasteiger partial charge in [-0.3, -0.25) is 0 Å². The first-order valence-electron chi connectivity index (χ1n) is 18.7. The largest absolute Gasteiger partial charge is 0.228 e. The first-order chi connectivity index (χ1) is 27.3. The Bertz CT molecular complexity index is 3250. The Balaban J connectivity index is 1.19. The zero-order chi connectivity index (χ0) is 36.3. The van der Waals surface area contributed by atoms with Crippen molar-refractivity contribution in [1.29, 1.82) is 0 Å². The number of fused-ring (bicyclic) bond motifs is 7. The fraction of sp³-hybridized carbons (Fsp3) is 0. The summed E-state index contributed by atoms with van der Waals surface area (Å²) in [4.78, 5) is 11.0. The van der Waals surface area contributed by atoms with E-state index < -0.39 is 0 Å². The second kappa shape index (κ2) is 12.9. The smallest absolute Gasteiger partial charge is 0.161 e. The fourth-order valence-corrected chi connectivity index (χ4v) is 9.50. The van der Waals surface area contributed by atoms with E-state index in [2.05, 4.69) is 194 Å². The summed E-state index contributed by atoms with van der Waals surface area (Å²) in [6.45, 7) is 0. The topological polar surface area (TPSA) is 25.8 Å². The van der Waals surface area contributed by atoms with Gasteiger partial charge < -0.3 is 0 Å². The molecule has 0 saturated heterocycles. The number of hydrogen-bond donors (Lipinski definition) is 0. The number of hydrogen-bond acceptors (Lipinski definition) is 3. The molecule has 3 heteroatoms. The molecular weight excluding hydrogens is 685 g/mol. The summed E-state index contributed by atoms with van der Waals surface area (Å²) in [7, 11) is 0. The predicted octanol–water partition coefficient (Wildman–Crippen LogP) is 14.6. The second-order valence-electron chi connectivity index (χ2n) is 14.1. The summed E-state index contributed by atoms with van der Waals surface area (Å²) >= 11 is 1.86. The van der Waals surface area contributed by atoms with E-state index in [1.807, 2.05) is 11.3 Å². The van der Waals surface area contributed by atoms with Crippen molar-refractivity contribution < 1.29 is 0 Å². The third-order valence-electron chi connectivity index (χ3n) is 10.9. The minimum atomic E-state index is 0.714. The van der Waals surface area contributed by atoms with Crippen LogP contribution in [0.2, 0.25) is 0 Å². The quantitative estimate of drug-likeness (QED) is 0.131. The highest BCUT2D eigenvalue weighted by atomic mass is 32.1. The first-order valence-corrected chi connectivity index (χ1v) is 19.5. The molecule has 55 heavy (non-hydrogen) atoms. The SMILES string of the molecule is c1ccc(-c2ccc(-c3cc(-c4ccccc4-c4cccc5c4sc4ccccc45)nc(-c4c5ccccc5cc5c4ccc4ccccc45)n3)cc2)cc1. The van der Waals surface area contributed by atoms with Gasteiger partial charge in [-0.05, 0) is 67.2 Å². The Morgan fingerprint density at radius 3 is 1.80 bits per heavy atom. The number of thiophene rings is 1. The van der Waals surface area contributed by atoms with Gasteiger partial charge in [0.05, 0.1) is 11.4 Å². The highest BCUT2D eigenvalue weighted by molar-refractivity contribution is 7.26. The molecule has 0 aliphatic carbocycles. The van der Waals surface area contributed by atoms with E-state index in [9.17, 15) is 0 Å². The van der Waals surface area contributed by atoms with E-state index in [-0.39, 0.29) is 0 Å². The molecule has 2 nitrogen and oxygen atoms in total. The third-order valence-corrected chi connectivity index (χ3v) is 12.1. The van der Waals surface area contributed by atoms with Crippen molar-refractivity contribution in [1.82, 2.24) is 9.97 Å². The van der Waals surface area contributed by atoms with Gasteiger partial charge in [0.2, 0.25) is 0 Å². The molecule has 0 spiro atoms. The molecule has 0 aliphatic rings. The second-order valence-corrected chi connectivity index (χ2v) is 15.1. The average molecular weight is 717 g/mol. The van der Waals surface area contributed by atoms with Crippen LogP contribution in [0, 0.1) is 0 Å². The Labute approximate surface area is 322 Å². The van der Waals surface area contributed by atoms with Crippen LogP contribution in [0.4, 0.5) is 0 Å². The maximum Gasteiger partial charge on any atom is 0.161 e. The first kappa shape index (κ1) is 31.6. The zero-order valence-corrected chi connectivity index (χ0v) is 30.6. The minimum absolute atomic E-state index is 0.714. The lowest BCUT2D eigenvalue weighted by Crippen LogP contribution is -1.98. The summed E-state index contributed by atoms with van der Waals surface area (Å²) in [6.07, 6.45) is 0. The standard InChI is InChI=1S/C52H32N2S/c1-2-13-33(14-3-1)34-25-27-36(28-26-34)47-32-48(41-20-9-8-19-40(41)44-22-12-23-45-42-21-10-11-24-49(42)55-51(44)45)54-52(53-47)50-39-18-7-5-16-37(39)31-46-38-17-6-4-15-35(38)29-30-43(46)50/h1-32H. The summed E-state index contributed by atoms with van der Waals surface area (Å²) < 4.78 is 2.58. The minimum Gasteiger partial charge on any atom is -0.228 e. The van der Waals surface area contributed by atoms with E-state index in [0.29, 0.717) is 5.82 Å². The van der Waals surface area contributed by atoms with Gasteiger partial charge in [-0.2, -0.15) is 0 Å². The number of aromatic nitrogens is 2. The van der Waals surface area contributed by atoms with Crippen LogP contribution in [0.15, 0.2) is 194 Å². The van der Waals surface area contributed by atoms with Crippen LogP contribution in [-0.2, 0) is 0 Å². The number of benzene rings is 9. The molecule has 0 fully saturated rings. The van der Waals surface area contributed by atoms with Crippen molar-refractivity contribution in [3.63, 3.8) is 0 Å². The molecule has 256 valence electrons. The van der Waals surface area contributed by atoms with E-state index in [1.54, 1.807) is 0 Å². The maximum absolute atomic E-state index is 5.55. The predicted molar refractivity (Wildman–Crippen MR) is 235 cm³/mol. The van der Waals surface area contributed by atoms with Crippen molar-refractivity contribution in [3.05, 3.63) is 194 Å². The van der Waals surface area contributed by atoms with Crippen LogP contribution >= 0.6 is 11.3 Å². The Morgan fingerprint density at radius 2 is 0.945 bits per heavy atom. The molecule has 0 unspecified atom stereocenters. The van der Waals surface area contributed by atoms with Crippen LogP contribution in [-0.4, -0.2) is 9.97 Å². The molecule has 11 rings (SSSR count). The van der Waals surface area contributed by atoms with Gasteiger partial charge in [-0.15, -0.1) is 11.3 Å². The van der Waals surface area contributed by atoms with Crippen molar-refractivity contribution in [2.45, 2.75) is 0 Å². The summed E-state index contributed by atoms with van der Waals surface area (Å²) in [5.74, 6) is 0.714. The van der Waals surface area contributed by atoms with Crippen LogP contribution < -0.4 is 0 Å². The Hall–Kier alpha value is -6.94. The third kappa shape index (κ3) is 5.32. The molecular formula is C52H32N2S. The summed E-state index contributed by atoms with van der Waals surface area (Å²) in [5, 5.41) is 9.66. The molecule has 0 radical (unpaired) electrons. The van der Waals surface area contributed by atoms with Crippen LogP contribution in [0.1, 0.15) is 0 Å². The van der Waals surface area contributed by atoms with Crippen molar-refractivity contribution >= 4 is 63.8 Å². The molecule has 0 aliphatic heterocycles. The van der Waals surface area contributed by atoms with Crippen molar-refractivity contribution in [3.8, 4) is 56.2 Å². The van der Waals surface area contributed by atoms with E-state index in [0.717, 1.165) is 44.4 Å². The molecule has 0 amide bonds. The van der Waals surface area contributed by atoms with Crippen LogP contribution in [0.25, 0.3) is 109 Å². The molecule has 0 atom stereocenters. The average Bonchev–Trinajstić information content (AvgIpc) is 3.65. The highest BCUT2D eigenvalue weighted by Gasteiger charge is 2.20. The molecule has 0 bridgehead atoms. The van der Waals surface area contributed by atoms with Gasteiger partial charge in [0.1, 0.15) is 0 Å². The molecule has 0 N–H and O–H groups in total. The van der Waals surface area contributed by atoms with Crippen molar-refractivity contribution in [2.75, 3.05) is 0 Å². The van der Waals surface area contributed by atoms with Gasteiger partial charge in [0.25, 0.3) is 0 Å². The van der Waals surface area contributed by atoms with E-state index in [1.165, 1.54) is 58.4 Å². The lowest BCUT2D eigenvalue weighted by Gasteiger charge is -2.16. The normalized spacial score (nSPS) is 11.6. The van der Waals surface area contributed by atoms with Gasteiger partial charge in [-0.25, -0.2) is 9.97 Å². The van der Waals surface area contributed by atoms with Gasteiger partial charge in [-0.1, -0.05) is 176 Å². The number of nitrogens with zero attached hydrogens (tertiary/aromatic N) is 2. The Morgan fingerprint density at radius 1 is 0.327 bits per heavy atom. The lowest BCUT2D eigenvalue weighted by molar-refractivity contribution is 1.19. The monoisotopic (exact) mass is 716 g/mol. The van der Waals surface area contributed by atoms with Gasteiger partial charge in [0, 0.05) is 42.4 Å². The lowest BCUT2D eigenvalue weighted by atomic mass is 9.92. The van der Waals surface area contributed by atoms with Crippen LogP contribution in [0.3, 0.4) is 0 Å². The zero-order valence-electron chi connectivity index (χ0n) is 29.8. The summed E-state index contributed by atoms with van der Waals surface area (Å²) in [5.41, 5.74) is 9.68. The van der Waals surface area contributed by atoms with Gasteiger partial charge in [0.15, 0.2) is 5.82 Å². The van der Waals surface area contributed by atoms with Crippen LogP contribution in [0.5, 0.6) is 0 Å². The fourth-order valence-electron chi connectivity index (χ4n) is 8.27. The van der Waals surface area contributed by atoms with E-state index >= 15 is 0 Å².